The zero-order valence-corrected chi connectivity index (χ0v) is 15.2. The number of hydrogen-bond acceptors (Lipinski definition) is 2. The average Bonchev–Trinajstić information content (AvgIpc) is 3.08. The van der Waals surface area contributed by atoms with Crippen molar-refractivity contribution in [1.82, 2.24) is 20.6 Å². The number of aliphatic imine (C=N–C) groups is 1. The second-order valence-corrected chi connectivity index (χ2v) is 6.16. The molecule has 0 bridgehead atoms. The number of aromatic amines is 1. The van der Waals surface area contributed by atoms with Gasteiger partial charge in [0.1, 0.15) is 17.5 Å². The summed E-state index contributed by atoms with van der Waals surface area (Å²) in [6.07, 6.45) is 1.66. The fourth-order valence-electron chi connectivity index (χ4n) is 2.76. The highest BCUT2D eigenvalue weighted by molar-refractivity contribution is 5.79. The first-order valence-electron chi connectivity index (χ1n) is 9.05. The predicted molar refractivity (Wildman–Crippen MR) is 104 cm³/mol. The van der Waals surface area contributed by atoms with E-state index in [4.69, 9.17) is 0 Å². The van der Waals surface area contributed by atoms with Crippen LogP contribution in [0.1, 0.15) is 24.7 Å². The Hall–Kier alpha value is -2.96. The van der Waals surface area contributed by atoms with Crippen LogP contribution >= 0.6 is 0 Å². The summed E-state index contributed by atoms with van der Waals surface area (Å²) in [5.74, 6) is 0.596. The molecule has 5 nitrogen and oxygen atoms in total. The quantitative estimate of drug-likeness (QED) is 0.338. The molecule has 0 saturated carbocycles. The molecular formula is C20H23F2N5. The number of benzene rings is 2. The van der Waals surface area contributed by atoms with E-state index in [1.54, 1.807) is 0 Å². The van der Waals surface area contributed by atoms with E-state index in [1.165, 1.54) is 6.07 Å². The molecule has 0 saturated heterocycles. The molecule has 1 heterocycles. The van der Waals surface area contributed by atoms with Crippen LogP contribution in [0.25, 0.3) is 11.0 Å². The van der Waals surface area contributed by atoms with Gasteiger partial charge in [0.05, 0.1) is 17.6 Å². The molecule has 0 aliphatic rings. The number of hydrogen-bond donors (Lipinski definition) is 3. The number of nitrogens with one attached hydrogen (secondary N) is 3. The van der Waals surface area contributed by atoms with E-state index in [9.17, 15) is 8.78 Å². The number of nitrogens with zero attached hydrogens (tertiary/aromatic N) is 2. The lowest BCUT2D eigenvalue weighted by Crippen LogP contribution is -2.37. The average molecular weight is 371 g/mol. The molecule has 0 atom stereocenters. The van der Waals surface area contributed by atoms with Crippen molar-refractivity contribution in [2.75, 3.05) is 13.1 Å². The fraction of sp³-hybridized carbons (Fsp3) is 0.300. The standard InChI is InChI=1S/C20H23F2N5/c1-2-23-20(25-13-14-12-15(21)9-10-16(14)22)24-11-5-8-19-26-17-6-3-4-7-18(17)27-19/h3-4,6-7,9-10,12H,2,5,8,11,13H2,1H3,(H,26,27)(H2,23,24,25). The summed E-state index contributed by atoms with van der Waals surface area (Å²) in [7, 11) is 0. The molecule has 0 aliphatic heterocycles. The van der Waals surface area contributed by atoms with Gasteiger partial charge < -0.3 is 15.6 Å². The van der Waals surface area contributed by atoms with E-state index >= 15 is 0 Å². The molecule has 7 heteroatoms. The second-order valence-electron chi connectivity index (χ2n) is 6.16. The van der Waals surface area contributed by atoms with Crippen LogP contribution in [0.3, 0.4) is 0 Å². The first kappa shape index (κ1) is 18.8. The molecule has 27 heavy (non-hydrogen) atoms. The van der Waals surface area contributed by atoms with E-state index < -0.39 is 11.6 Å². The van der Waals surface area contributed by atoms with Crippen LogP contribution in [0, 0.1) is 11.6 Å². The molecule has 0 amide bonds. The van der Waals surface area contributed by atoms with Gasteiger partial charge in [-0.3, -0.25) is 0 Å². The maximum Gasteiger partial charge on any atom is 0.191 e. The molecule has 3 rings (SSSR count). The minimum absolute atomic E-state index is 0.0719. The molecule has 0 radical (unpaired) electrons. The van der Waals surface area contributed by atoms with Crippen molar-refractivity contribution in [1.29, 1.82) is 0 Å². The lowest BCUT2D eigenvalue weighted by Gasteiger charge is -2.11. The van der Waals surface area contributed by atoms with E-state index in [1.807, 2.05) is 31.2 Å². The Labute approximate surface area is 156 Å². The number of H-pyrrole nitrogens is 1. The third-order valence-corrected chi connectivity index (χ3v) is 4.08. The first-order valence-corrected chi connectivity index (χ1v) is 9.05. The number of rotatable bonds is 7. The Morgan fingerprint density at radius 1 is 1.15 bits per heavy atom. The van der Waals surface area contributed by atoms with Gasteiger partial charge >= 0.3 is 0 Å². The summed E-state index contributed by atoms with van der Waals surface area (Å²) in [5.41, 5.74) is 2.23. The fourth-order valence-corrected chi connectivity index (χ4v) is 2.76. The minimum Gasteiger partial charge on any atom is -0.357 e. The predicted octanol–water partition coefficient (Wildman–Crippen LogP) is 3.53. The molecule has 3 N–H and O–H groups in total. The van der Waals surface area contributed by atoms with Crippen LogP contribution in [0.5, 0.6) is 0 Å². The number of imidazole rings is 1. The van der Waals surface area contributed by atoms with Gasteiger partial charge in [-0.05, 0) is 43.7 Å². The van der Waals surface area contributed by atoms with Crippen LogP contribution in [0.2, 0.25) is 0 Å². The van der Waals surface area contributed by atoms with Crippen LogP contribution in [0.4, 0.5) is 8.78 Å². The molecular weight excluding hydrogens is 348 g/mol. The molecule has 0 fully saturated rings. The van der Waals surface area contributed by atoms with Crippen molar-refractivity contribution in [3.05, 3.63) is 65.5 Å². The lowest BCUT2D eigenvalue weighted by molar-refractivity contribution is 0.585. The molecule has 1 aromatic heterocycles. The zero-order chi connectivity index (χ0) is 19.1. The van der Waals surface area contributed by atoms with Crippen LogP contribution in [0.15, 0.2) is 47.5 Å². The lowest BCUT2D eigenvalue weighted by atomic mass is 10.2. The summed E-state index contributed by atoms with van der Waals surface area (Å²) in [5, 5.41) is 6.32. The summed E-state index contributed by atoms with van der Waals surface area (Å²) >= 11 is 0. The van der Waals surface area contributed by atoms with Crippen LogP contribution in [-0.4, -0.2) is 29.0 Å². The van der Waals surface area contributed by atoms with Crippen molar-refractivity contribution >= 4 is 17.0 Å². The highest BCUT2D eigenvalue weighted by Gasteiger charge is 2.05. The number of guanidine groups is 1. The topological polar surface area (TPSA) is 65.1 Å². The second kappa shape index (κ2) is 9.12. The normalized spacial score (nSPS) is 11.7. The van der Waals surface area contributed by atoms with Gasteiger partial charge in [-0.2, -0.15) is 0 Å². The number of para-hydroxylation sites is 2. The maximum absolute atomic E-state index is 13.7. The van der Waals surface area contributed by atoms with Crippen LogP contribution < -0.4 is 10.6 Å². The van der Waals surface area contributed by atoms with Crippen molar-refractivity contribution in [2.45, 2.75) is 26.3 Å². The zero-order valence-electron chi connectivity index (χ0n) is 15.2. The summed E-state index contributed by atoms with van der Waals surface area (Å²) in [6.45, 7) is 3.40. The minimum atomic E-state index is -0.467. The van der Waals surface area contributed by atoms with Gasteiger partial charge in [-0.1, -0.05) is 12.1 Å². The summed E-state index contributed by atoms with van der Waals surface area (Å²) < 4.78 is 27.0. The summed E-state index contributed by atoms with van der Waals surface area (Å²) in [4.78, 5) is 12.2. The Morgan fingerprint density at radius 3 is 2.81 bits per heavy atom. The monoisotopic (exact) mass is 371 g/mol. The summed E-state index contributed by atoms with van der Waals surface area (Å²) in [6, 6.07) is 11.3. The van der Waals surface area contributed by atoms with E-state index in [0.717, 1.165) is 41.8 Å². The number of aryl methyl sites for hydroxylation is 1. The van der Waals surface area contributed by atoms with E-state index in [2.05, 4.69) is 25.6 Å². The van der Waals surface area contributed by atoms with Crippen molar-refractivity contribution < 1.29 is 8.78 Å². The molecule has 0 spiro atoms. The molecule has 0 aliphatic carbocycles. The maximum atomic E-state index is 13.7. The Balaban J connectivity index is 1.52. The van der Waals surface area contributed by atoms with Gasteiger partial charge in [0.2, 0.25) is 0 Å². The Bertz CT molecular complexity index is 887. The molecule has 2 aromatic carbocycles. The third-order valence-electron chi connectivity index (χ3n) is 4.08. The first-order chi connectivity index (χ1) is 13.2. The van der Waals surface area contributed by atoms with Gasteiger partial charge in [-0.15, -0.1) is 0 Å². The number of halogens is 2. The van der Waals surface area contributed by atoms with Gasteiger partial charge in [0.15, 0.2) is 5.96 Å². The van der Waals surface area contributed by atoms with Gasteiger partial charge in [-0.25, -0.2) is 18.8 Å². The smallest absolute Gasteiger partial charge is 0.191 e. The van der Waals surface area contributed by atoms with Gasteiger partial charge in [0, 0.05) is 25.1 Å². The third kappa shape index (κ3) is 5.26. The van der Waals surface area contributed by atoms with E-state index in [0.29, 0.717) is 19.0 Å². The van der Waals surface area contributed by atoms with E-state index in [-0.39, 0.29) is 12.1 Å². The Kier molecular flexibility index (Phi) is 6.35. The number of aromatic nitrogens is 2. The van der Waals surface area contributed by atoms with Crippen molar-refractivity contribution in [3.63, 3.8) is 0 Å². The SMILES string of the molecule is CCNC(=NCc1cc(F)ccc1F)NCCCc1nc2ccccc2[nH]1. The number of fused-ring (bicyclic) bond motifs is 1. The molecule has 3 aromatic rings. The van der Waals surface area contributed by atoms with Crippen molar-refractivity contribution in [3.8, 4) is 0 Å². The largest absolute Gasteiger partial charge is 0.357 e. The highest BCUT2D eigenvalue weighted by Crippen LogP contribution is 2.12. The Morgan fingerprint density at radius 2 is 2.00 bits per heavy atom. The molecule has 142 valence electrons. The highest BCUT2D eigenvalue weighted by atomic mass is 19.1. The van der Waals surface area contributed by atoms with Crippen molar-refractivity contribution in [2.24, 2.45) is 4.99 Å². The van der Waals surface area contributed by atoms with Gasteiger partial charge in [0.25, 0.3) is 0 Å². The van der Waals surface area contributed by atoms with Crippen LogP contribution in [-0.2, 0) is 13.0 Å². The molecule has 0 unspecified atom stereocenters.